The Morgan fingerprint density at radius 2 is 1.50 bits per heavy atom. The Hall–Kier alpha value is -2.57. The van der Waals surface area contributed by atoms with Gasteiger partial charge < -0.3 is 20.1 Å². The van der Waals surface area contributed by atoms with E-state index in [9.17, 15) is 14.4 Å². The smallest absolute Gasteiger partial charge is 0.338 e. The molecule has 2 N–H and O–H groups in total. The second-order valence-corrected chi connectivity index (χ2v) is 6.94. The molecule has 7 nitrogen and oxygen atoms in total. The van der Waals surface area contributed by atoms with Gasteiger partial charge >= 0.3 is 5.97 Å². The van der Waals surface area contributed by atoms with Crippen LogP contribution in [0.4, 0.5) is 0 Å². The first-order valence-electron chi connectivity index (χ1n) is 8.65. The zero-order valence-corrected chi connectivity index (χ0v) is 15.9. The summed E-state index contributed by atoms with van der Waals surface area (Å²) in [5.74, 6) is -0.297. The fourth-order valence-electron chi connectivity index (χ4n) is 2.30. The molecule has 0 spiro atoms. The van der Waals surface area contributed by atoms with Crippen molar-refractivity contribution in [1.82, 2.24) is 4.90 Å². The molecular weight excluding hydrogens is 336 g/mol. The van der Waals surface area contributed by atoms with Gasteiger partial charge in [0.05, 0.1) is 5.56 Å². The third-order valence-electron chi connectivity index (χ3n) is 3.32. The van der Waals surface area contributed by atoms with Gasteiger partial charge in [0.25, 0.3) is 11.8 Å². The summed E-state index contributed by atoms with van der Waals surface area (Å²) in [6.07, 6.45) is 0. The van der Waals surface area contributed by atoms with E-state index in [0.29, 0.717) is 36.2 Å². The van der Waals surface area contributed by atoms with Crippen LogP contribution in [-0.2, 0) is 14.3 Å². The van der Waals surface area contributed by atoms with Crippen LogP contribution < -0.4 is 10.5 Å². The van der Waals surface area contributed by atoms with Gasteiger partial charge in [0, 0.05) is 13.1 Å². The van der Waals surface area contributed by atoms with Gasteiger partial charge in [-0.3, -0.25) is 9.59 Å². The number of carbonyl (C=O) groups is 3. The van der Waals surface area contributed by atoms with Gasteiger partial charge in [-0.2, -0.15) is 0 Å². The number of hydrogen-bond acceptors (Lipinski definition) is 5. The average Bonchev–Trinajstić information content (AvgIpc) is 2.56. The summed E-state index contributed by atoms with van der Waals surface area (Å²) in [6, 6.07) is 6.07. The van der Waals surface area contributed by atoms with E-state index >= 15 is 0 Å². The second kappa shape index (κ2) is 10.4. The van der Waals surface area contributed by atoms with Crippen molar-refractivity contribution in [3.05, 3.63) is 29.8 Å². The molecule has 0 radical (unpaired) electrons. The standard InChI is InChI=1S/C19H28N2O5/c1-13(2)9-21(10-14(3)4)18(23)12-26-19(24)15-5-7-16(8-6-15)25-11-17(20)22/h5-8,13-14H,9-12H2,1-4H3,(H2,20,22). The summed E-state index contributed by atoms with van der Waals surface area (Å²) >= 11 is 0. The lowest BCUT2D eigenvalue weighted by molar-refractivity contribution is -0.135. The van der Waals surface area contributed by atoms with Crippen LogP contribution in [-0.4, -0.2) is 49.0 Å². The number of ether oxygens (including phenoxy) is 2. The van der Waals surface area contributed by atoms with E-state index in [1.54, 1.807) is 4.90 Å². The molecule has 0 bridgehead atoms. The molecule has 1 aromatic rings. The normalized spacial score (nSPS) is 10.7. The van der Waals surface area contributed by atoms with Gasteiger partial charge in [-0.1, -0.05) is 27.7 Å². The van der Waals surface area contributed by atoms with Gasteiger partial charge in [-0.25, -0.2) is 4.79 Å². The van der Waals surface area contributed by atoms with Crippen molar-refractivity contribution >= 4 is 17.8 Å². The van der Waals surface area contributed by atoms with E-state index in [0.717, 1.165) is 0 Å². The first-order valence-corrected chi connectivity index (χ1v) is 8.65. The molecule has 1 aromatic carbocycles. The molecule has 144 valence electrons. The highest BCUT2D eigenvalue weighted by Gasteiger charge is 2.18. The number of amides is 2. The number of primary amides is 1. The predicted molar refractivity (Wildman–Crippen MR) is 97.7 cm³/mol. The van der Waals surface area contributed by atoms with Crippen molar-refractivity contribution in [1.29, 1.82) is 0 Å². The summed E-state index contributed by atoms with van der Waals surface area (Å²) in [7, 11) is 0. The molecule has 2 amide bonds. The van der Waals surface area contributed by atoms with Crippen LogP contribution in [0.3, 0.4) is 0 Å². The molecule has 26 heavy (non-hydrogen) atoms. The molecule has 0 unspecified atom stereocenters. The second-order valence-electron chi connectivity index (χ2n) is 6.94. The molecule has 0 aliphatic heterocycles. The van der Waals surface area contributed by atoms with Crippen molar-refractivity contribution in [2.75, 3.05) is 26.3 Å². The topological polar surface area (TPSA) is 98.9 Å². The van der Waals surface area contributed by atoms with Crippen molar-refractivity contribution in [3.63, 3.8) is 0 Å². The van der Waals surface area contributed by atoms with Gasteiger partial charge in [0.1, 0.15) is 5.75 Å². The molecule has 0 aliphatic carbocycles. The van der Waals surface area contributed by atoms with Crippen LogP contribution in [0.5, 0.6) is 5.75 Å². The van der Waals surface area contributed by atoms with Crippen molar-refractivity contribution in [2.24, 2.45) is 17.6 Å². The minimum absolute atomic E-state index is 0.206. The van der Waals surface area contributed by atoms with Crippen molar-refractivity contribution < 1.29 is 23.9 Å². The summed E-state index contributed by atoms with van der Waals surface area (Å²) < 4.78 is 10.2. The molecule has 1 rings (SSSR count). The van der Waals surface area contributed by atoms with E-state index in [1.807, 2.05) is 27.7 Å². The minimum Gasteiger partial charge on any atom is -0.484 e. The molecule has 0 heterocycles. The molecule has 0 fully saturated rings. The Morgan fingerprint density at radius 1 is 0.962 bits per heavy atom. The largest absolute Gasteiger partial charge is 0.484 e. The highest BCUT2D eigenvalue weighted by atomic mass is 16.5. The zero-order chi connectivity index (χ0) is 19.7. The lowest BCUT2D eigenvalue weighted by atomic mass is 10.1. The van der Waals surface area contributed by atoms with E-state index < -0.39 is 11.9 Å². The van der Waals surface area contributed by atoms with Gasteiger partial charge in [-0.05, 0) is 36.1 Å². The third kappa shape index (κ3) is 8.00. The number of esters is 1. The SMILES string of the molecule is CC(C)CN(CC(C)C)C(=O)COC(=O)c1ccc(OCC(N)=O)cc1. The van der Waals surface area contributed by atoms with Crippen LogP contribution in [0.1, 0.15) is 38.1 Å². The quantitative estimate of drug-likeness (QED) is 0.639. The lowest BCUT2D eigenvalue weighted by Crippen LogP contribution is -2.39. The summed E-state index contributed by atoms with van der Waals surface area (Å²) in [6.45, 7) is 8.87. The Kier molecular flexibility index (Phi) is 8.61. The first-order chi connectivity index (χ1) is 12.2. The molecule has 0 aliphatic rings. The molecule has 0 saturated heterocycles. The van der Waals surface area contributed by atoms with E-state index in [2.05, 4.69) is 0 Å². The summed E-state index contributed by atoms with van der Waals surface area (Å²) in [5.41, 5.74) is 5.29. The Morgan fingerprint density at radius 3 is 1.96 bits per heavy atom. The Bertz CT molecular complexity index is 601. The van der Waals surface area contributed by atoms with Crippen molar-refractivity contribution in [2.45, 2.75) is 27.7 Å². The highest BCUT2D eigenvalue weighted by Crippen LogP contribution is 2.13. The maximum atomic E-state index is 12.3. The number of benzene rings is 1. The maximum Gasteiger partial charge on any atom is 0.338 e. The zero-order valence-electron chi connectivity index (χ0n) is 15.9. The number of nitrogens with two attached hydrogens (primary N) is 1. The third-order valence-corrected chi connectivity index (χ3v) is 3.32. The van der Waals surface area contributed by atoms with Crippen LogP contribution in [0.2, 0.25) is 0 Å². The highest BCUT2D eigenvalue weighted by molar-refractivity contribution is 5.91. The molecule has 0 atom stereocenters. The Labute approximate surface area is 154 Å². The fraction of sp³-hybridized carbons (Fsp3) is 0.526. The number of carbonyl (C=O) groups excluding carboxylic acids is 3. The first kappa shape index (κ1) is 21.5. The summed E-state index contributed by atoms with van der Waals surface area (Å²) in [4.78, 5) is 36.8. The maximum absolute atomic E-state index is 12.3. The predicted octanol–water partition coefficient (Wildman–Crippen LogP) is 1.85. The van der Waals surface area contributed by atoms with Crippen LogP contribution in [0.25, 0.3) is 0 Å². The van der Waals surface area contributed by atoms with Crippen LogP contribution in [0, 0.1) is 11.8 Å². The van der Waals surface area contributed by atoms with Crippen LogP contribution in [0.15, 0.2) is 24.3 Å². The number of rotatable bonds is 10. The molecule has 7 heteroatoms. The Balaban J connectivity index is 2.58. The van der Waals surface area contributed by atoms with Gasteiger partial charge in [0.2, 0.25) is 0 Å². The van der Waals surface area contributed by atoms with Gasteiger partial charge in [-0.15, -0.1) is 0 Å². The van der Waals surface area contributed by atoms with E-state index in [4.69, 9.17) is 15.2 Å². The van der Waals surface area contributed by atoms with Gasteiger partial charge in [0.15, 0.2) is 13.2 Å². The van der Waals surface area contributed by atoms with Crippen molar-refractivity contribution in [3.8, 4) is 5.75 Å². The van der Waals surface area contributed by atoms with E-state index in [-0.39, 0.29) is 19.1 Å². The number of hydrogen-bond donors (Lipinski definition) is 1. The van der Waals surface area contributed by atoms with E-state index in [1.165, 1.54) is 24.3 Å². The summed E-state index contributed by atoms with van der Waals surface area (Å²) in [5, 5.41) is 0. The molecule has 0 aromatic heterocycles. The fourth-order valence-corrected chi connectivity index (χ4v) is 2.30. The lowest BCUT2D eigenvalue weighted by Gasteiger charge is -2.26. The number of nitrogens with zero attached hydrogens (tertiary/aromatic N) is 1. The monoisotopic (exact) mass is 364 g/mol. The minimum atomic E-state index is -0.589. The molecular formula is C19H28N2O5. The molecule has 0 saturated carbocycles. The average molecular weight is 364 g/mol. The van der Waals surface area contributed by atoms with Crippen LogP contribution >= 0.6 is 0 Å².